The van der Waals surface area contributed by atoms with E-state index in [9.17, 15) is 4.79 Å². The lowest BCUT2D eigenvalue weighted by molar-refractivity contribution is 0.194. The first-order chi connectivity index (χ1) is 12.0. The predicted octanol–water partition coefficient (Wildman–Crippen LogP) is 3.95. The average Bonchev–Trinajstić information content (AvgIpc) is 3.10. The fraction of sp³-hybridized carbons (Fsp3) is 0.444. The van der Waals surface area contributed by atoms with Crippen molar-refractivity contribution in [1.29, 1.82) is 0 Å². The van der Waals surface area contributed by atoms with Crippen LogP contribution in [0.4, 0.5) is 10.5 Å². The van der Waals surface area contributed by atoms with E-state index >= 15 is 0 Å². The molecule has 0 saturated carbocycles. The summed E-state index contributed by atoms with van der Waals surface area (Å²) in [6.07, 6.45) is 0. The van der Waals surface area contributed by atoms with Crippen LogP contribution in [0, 0.1) is 0 Å². The van der Waals surface area contributed by atoms with Crippen molar-refractivity contribution >= 4 is 34.7 Å². The monoisotopic (exact) mass is 378 g/mol. The van der Waals surface area contributed by atoms with Crippen molar-refractivity contribution in [2.45, 2.75) is 26.3 Å². The Hall–Kier alpha value is -1.79. The van der Waals surface area contributed by atoms with E-state index in [4.69, 9.17) is 11.6 Å². The number of hydrogen-bond acceptors (Lipinski definition) is 4. The van der Waals surface area contributed by atoms with E-state index < -0.39 is 0 Å². The fourth-order valence-electron chi connectivity index (χ4n) is 2.81. The molecule has 0 aliphatic carbocycles. The number of rotatable bonds is 4. The molecule has 0 spiro atoms. The largest absolute Gasteiger partial charge is 0.367 e. The van der Waals surface area contributed by atoms with E-state index in [1.807, 2.05) is 34.5 Å². The normalized spacial score (nSPS) is 14.9. The number of benzene rings is 1. The Morgan fingerprint density at radius 3 is 2.64 bits per heavy atom. The number of hydrogen-bond donors (Lipinski definition) is 1. The predicted molar refractivity (Wildman–Crippen MR) is 104 cm³/mol. The summed E-state index contributed by atoms with van der Waals surface area (Å²) < 4.78 is 0. The molecule has 1 aromatic heterocycles. The number of para-hydroxylation sites is 1. The molecule has 7 heteroatoms. The lowest BCUT2D eigenvalue weighted by Crippen LogP contribution is -2.51. The third-order valence-corrected chi connectivity index (χ3v) is 5.76. The third kappa shape index (κ3) is 4.44. The Kier molecular flexibility index (Phi) is 5.81. The lowest BCUT2D eigenvalue weighted by Gasteiger charge is -2.36. The average molecular weight is 379 g/mol. The maximum atomic E-state index is 12.4. The molecule has 1 aromatic carbocycles. The van der Waals surface area contributed by atoms with E-state index in [1.54, 1.807) is 11.3 Å². The number of urea groups is 1. The first-order valence-corrected chi connectivity index (χ1v) is 9.77. The van der Waals surface area contributed by atoms with Crippen molar-refractivity contribution in [1.82, 2.24) is 15.2 Å². The second-order valence-corrected chi connectivity index (χ2v) is 7.71. The van der Waals surface area contributed by atoms with Gasteiger partial charge >= 0.3 is 6.03 Å². The first-order valence-electron chi connectivity index (χ1n) is 8.51. The minimum absolute atomic E-state index is 0.0297. The van der Waals surface area contributed by atoms with Crippen molar-refractivity contribution in [2.75, 3.05) is 31.1 Å². The minimum atomic E-state index is -0.0297. The van der Waals surface area contributed by atoms with E-state index in [0.29, 0.717) is 25.6 Å². The molecule has 1 fully saturated rings. The molecule has 0 unspecified atom stereocenters. The van der Waals surface area contributed by atoms with Crippen LogP contribution in [-0.2, 0) is 6.54 Å². The van der Waals surface area contributed by atoms with Crippen molar-refractivity contribution in [2.24, 2.45) is 0 Å². The summed E-state index contributed by atoms with van der Waals surface area (Å²) in [6.45, 7) is 7.67. The van der Waals surface area contributed by atoms with Crippen LogP contribution in [0.3, 0.4) is 0 Å². The maximum Gasteiger partial charge on any atom is 0.317 e. The SMILES string of the molecule is CC(C)c1nc(CNC(=O)N2CCN(c3ccccc3Cl)CC2)cs1. The molecule has 0 bridgehead atoms. The van der Waals surface area contributed by atoms with Gasteiger partial charge < -0.3 is 15.1 Å². The van der Waals surface area contributed by atoms with E-state index in [-0.39, 0.29) is 6.03 Å². The van der Waals surface area contributed by atoms with E-state index in [0.717, 1.165) is 34.5 Å². The van der Waals surface area contributed by atoms with Crippen LogP contribution in [0.5, 0.6) is 0 Å². The van der Waals surface area contributed by atoms with Gasteiger partial charge in [0, 0.05) is 37.5 Å². The maximum absolute atomic E-state index is 12.4. The second kappa shape index (κ2) is 8.06. The number of amides is 2. The highest BCUT2D eigenvalue weighted by Crippen LogP contribution is 2.26. The summed E-state index contributed by atoms with van der Waals surface area (Å²) >= 11 is 7.91. The van der Waals surface area contributed by atoms with Crippen molar-refractivity contribution in [3.8, 4) is 0 Å². The van der Waals surface area contributed by atoms with Gasteiger partial charge in [-0.05, 0) is 12.1 Å². The number of nitrogens with one attached hydrogen (secondary N) is 1. The van der Waals surface area contributed by atoms with Crippen LogP contribution in [0.25, 0.3) is 0 Å². The smallest absolute Gasteiger partial charge is 0.317 e. The Morgan fingerprint density at radius 2 is 2.00 bits per heavy atom. The summed E-state index contributed by atoms with van der Waals surface area (Å²) in [7, 11) is 0. The van der Waals surface area contributed by atoms with Gasteiger partial charge in [0.05, 0.1) is 28.0 Å². The first kappa shape index (κ1) is 18.0. The standard InChI is InChI=1S/C18H23ClN4OS/c1-13(2)17-21-14(12-25-17)11-20-18(24)23-9-7-22(8-10-23)16-6-4-3-5-15(16)19/h3-6,12-13H,7-11H2,1-2H3,(H,20,24). The van der Waals surface area contributed by atoms with Crippen molar-refractivity contribution in [3.63, 3.8) is 0 Å². The van der Waals surface area contributed by atoms with Crippen LogP contribution < -0.4 is 10.2 Å². The van der Waals surface area contributed by atoms with Gasteiger partial charge in [0.2, 0.25) is 0 Å². The van der Waals surface area contributed by atoms with Gasteiger partial charge in [-0.2, -0.15) is 0 Å². The molecule has 2 heterocycles. The quantitative estimate of drug-likeness (QED) is 0.876. The number of carbonyl (C=O) groups excluding carboxylic acids is 1. The van der Waals surface area contributed by atoms with Crippen LogP contribution in [0.2, 0.25) is 5.02 Å². The van der Waals surface area contributed by atoms with Crippen LogP contribution >= 0.6 is 22.9 Å². The van der Waals surface area contributed by atoms with Gasteiger partial charge in [-0.3, -0.25) is 0 Å². The highest BCUT2D eigenvalue weighted by atomic mass is 35.5. The van der Waals surface area contributed by atoms with E-state index in [2.05, 4.69) is 29.0 Å². The molecule has 134 valence electrons. The Bertz CT molecular complexity index is 725. The molecule has 0 radical (unpaired) electrons. The molecule has 0 atom stereocenters. The number of halogens is 1. The molecule has 1 N–H and O–H groups in total. The summed E-state index contributed by atoms with van der Waals surface area (Å²) in [5, 5.41) is 6.86. The van der Waals surface area contributed by atoms with Gasteiger partial charge in [0.15, 0.2) is 0 Å². The number of thiazole rings is 1. The fourth-order valence-corrected chi connectivity index (χ4v) is 3.90. The highest BCUT2D eigenvalue weighted by molar-refractivity contribution is 7.09. The molecule has 1 saturated heterocycles. The Labute approximate surface area is 157 Å². The number of anilines is 1. The molecular formula is C18H23ClN4OS. The van der Waals surface area contributed by atoms with Gasteiger partial charge in [-0.1, -0.05) is 37.6 Å². The van der Waals surface area contributed by atoms with Gasteiger partial charge in [0.25, 0.3) is 0 Å². The molecule has 3 rings (SSSR count). The van der Waals surface area contributed by atoms with Gasteiger partial charge in [-0.25, -0.2) is 9.78 Å². The van der Waals surface area contributed by atoms with E-state index in [1.165, 1.54) is 0 Å². The highest BCUT2D eigenvalue weighted by Gasteiger charge is 2.22. The number of piperazine rings is 1. The lowest BCUT2D eigenvalue weighted by atomic mass is 10.2. The summed E-state index contributed by atoms with van der Waals surface area (Å²) in [4.78, 5) is 21.0. The number of carbonyl (C=O) groups is 1. The number of nitrogens with zero attached hydrogens (tertiary/aromatic N) is 3. The van der Waals surface area contributed by atoms with Crippen molar-refractivity contribution < 1.29 is 4.79 Å². The van der Waals surface area contributed by atoms with Crippen LogP contribution in [0.15, 0.2) is 29.6 Å². The Morgan fingerprint density at radius 1 is 1.28 bits per heavy atom. The summed E-state index contributed by atoms with van der Waals surface area (Å²) in [5.74, 6) is 0.423. The molecular weight excluding hydrogens is 356 g/mol. The molecule has 25 heavy (non-hydrogen) atoms. The molecule has 2 amide bonds. The number of aromatic nitrogens is 1. The van der Waals surface area contributed by atoms with Crippen LogP contribution in [0.1, 0.15) is 30.5 Å². The molecule has 2 aromatic rings. The zero-order chi connectivity index (χ0) is 17.8. The summed E-state index contributed by atoms with van der Waals surface area (Å²) in [6, 6.07) is 7.80. The van der Waals surface area contributed by atoms with Gasteiger partial charge in [0.1, 0.15) is 0 Å². The summed E-state index contributed by atoms with van der Waals surface area (Å²) in [5.41, 5.74) is 1.96. The zero-order valence-corrected chi connectivity index (χ0v) is 16.1. The topological polar surface area (TPSA) is 48.5 Å². The zero-order valence-electron chi connectivity index (χ0n) is 14.5. The Balaban J connectivity index is 1.49. The minimum Gasteiger partial charge on any atom is -0.367 e. The molecule has 1 aliphatic heterocycles. The van der Waals surface area contributed by atoms with Crippen molar-refractivity contribution in [3.05, 3.63) is 45.4 Å². The molecule has 1 aliphatic rings. The third-order valence-electron chi connectivity index (χ3n) is 4.24. The molecule has 5 nitrogen and oxygen atoms in total. The van der Waals surface area contributed by atoms with Crippen LogP contribution in [-0.4, -0.2) is 42.1 Å². The van der Waals surface area contributed by atoms with Gasteiger partial charge in [-0.15, -0.1) is 11.3 Å². The second-order valence-electron chi connectivity index (χ2n) is 6.42.